The maximum absolute atomic E-state index is 13.0. The predicted molar refractivity (Wildman–Crippen MR) is 116 cm³/mol. The van der Waals surface area contributed by atoms with Gasteiger partial charge < -0.3 is 14.4 Å². The van der Waals surface area contributed by atoms with Crippen LogP contribution in [0.4, 0.5) is 5.69 Å². The summed E-state index contributed by atoms with van der Waals surface area (Å²) in [6.07, 6.45) is 1.43. The number of carbonyl (C=O) groups is 2. The molecule has 0 saturated carbocycles. The number of carbonyl (C=O) groups excluding carboxylic acids is 2. The number of furan rings is 1. The summed E-state index contributed by atoms with van der Waals surface area (Å²) < 4.78 is 5.52. The quantitative estimate of drug-likeness (QED) is 0.210. The average Bonchev–Trinajstić information content (AvgIpc) is 3.38. The van der Waals surface area contributed by atoms with Crippen LogP contribution in [0.2, 0.25) is 0 Å². The average molecular weight is 432 g/mol. The molecule has 2 aromatic carbocycles. The van der Waals surface area contributed by atoms with Crippen molar-refractivity contribution in [3.63, 3.8) is 0 Å². The first-order valence-corrected chi connectivity index (χ1v) is 9.90. The Morgan fingerprint density at radius 2 is 1.84 bits per heavy atom. The normalized spacial score (nSPS) is 17.7. The van der Waals surface area contributed by atoms with Gasteiger partial charge in [0.15, 0.2) is 0 Å². The lowest BCUT2D eigenvalue weighted by molar-refractivity contribution is -0.384. The van der Waals surface area contributed by atoms with E-state index in [0.29, 0.717) is 5.76 Å². The highest BCUT2D eigenvalue weighted by Crippen LogP contribution is 2.40. The molecule has 1 fully saturated rings. The van der Waals surface area contributed by atoms with Gasteiger partial charge in [0.2, 0.25) is 0 Å². The van der Waals surface area contributed by atoms with E-state index in [9.17, 15) is 24.8 Å². The van der Waals surface area contributed by atoms with Crippen LogP contribution in [0.1, 0.15) is 34.1 Å². The number of non-ortho nitro benzene ring substituents is 1. The molecule has 1 unspecified atom stereocenters. The highest BCUT2D eigenvalue weighted by molar-refractivity contribution is 6.46. The largest absolute Gasteiger partial charge is 0.507 e. The molecule has 32 heavy (non-hydrogen) atoms. The van der Waals surface area contributed by atoms with Gasteiger partial charge in [0.05, 0.1) is 16.8 Å². The second-order valence-electron chi connectivity index (χ2n) is 7.68. The Morgan fingerprint density at radius 1 is 1.12 bits per heavy atom. The van der Waals surface area contributed by atoms with Gasteiger partial charge in [-0.1, -0.05) is 23.8 Å². The summed E-state index contributed by atoms with van der Waals surface area (Å²) in [5.41, 5.74) is 2.77. The molecule has 0 radical (unpaired) electrons. The third kappa shape index (κ3) is 3.66. The van der Waals surface area contributed by atoms with Gasteiger partial charge in [-0.25, -0.2) is 0 Å². The minimum absolute atomic E-state index is 0.121. The van der Waals surface area contributed by atoms with Gasteiger partial charge in [0, 0.05) is 24.2 Å². The van der Waals surface area contributed by atoms with Gasteiger partial charge in [-0.3, -0.25) is 19.7 Å². The summed E-state index contributed by atoms with van der Waals surface area (Å²) in [5, 5.41) is 21.9. The molecule has 1 N–H and O–H groups in total. The zero-order valence-electron chi connectivity index (χ0n) is 17.4. The van der Waals surface area contributed by atoms with Crippen molar-refractivity contribution in [2.75, 3.05) is 0 Å². The molecule has 1 aliphatic heterocycles. The fraction of sp³-hybridized carbons (Fsp3) is 0.167. The third-order valence-electron chi connectivity index (χ3n) is 5.55. The van der Waals surface area contributed by atoms with Crippen LogP contribution in [-0.2, 0) is 16.1 Å². The molecule has 1 aliphatic rings. The molecule has 2 heterocycles. The smallest absolute Gasteiger partial charge is 0.296 e. The van der Waals surface area contributed by atoms with Crippen LogP contribution in [0.3, 0.4) is 0 Å². The number of aliphatic hydroxyl groups is 1. The van der Waals surface area contributed by atoms with E-state index in [1.165, 1.54) is 35.4 Å². The topological polar surface area (TPSA) is 114 Å². The van der Waals surface area contributed by atoms with E-state index in [2.05, 4.69) is 0 Å². The number of nitrogens with zero attached hydrogens (tertiary/aromatic N) is 2. The molecule has 4 rings (SSSR count). The van der Waals surface area contributed by atoms with Crippen molar-refractivity contribution in [3.8, 4) is 0 Å². The van der Waals surface area contributed by atoms with Gasteiger partial charge in [-0.15, -0.1) is 0 Å². The number of amides is 1. The Balaban J connectivity index is 1.82. The Labute approximate surface area is 183 Å². The second kappa shape index (κ2) is 8.14. The van der Waals surface area contributed by atoms with Crippen molar-refractivity contribution in [3.05, 3.63) is 105 Å². The maximum Gasteiger partial charge on any atom is 0.296 e. The second-order valence-corrected chi connectivity index (χ2v) is 7.68. The summed E-state index contributed by atoms with van der Waals surface area (Å²) >= 11 is 0. The minimum atomic E-state index is -0.930. The van der Waals surface area contributed by atoms with E-state index in [4.69, 9.17) is 4.42 Å². The van der Waals surface area contributed by atoms with Gasteiger partial charge in [0.25, 0.3) is 17.4 Å². The molecule has 8 nitrogen and oxygen atoms in total. The number of hydrogen-bond acceptors (Lipinski definition) is 6. The van der Waals surface area contributed by atoms with Crippen molar-refractivity contribution >= 4 is 23.1 Å². The molecule has 1 atom stereocenters. The van der Waals surface area contributed by atoms with Crippen molar-refractivity contribution in [1.29, 1.82) is 0 Å². The van der Waals surface area contributed by atoms with Crippen LogP contribution < -0.4 is 0 Å². The van der Waals surface area contributed by atoms with Crippen LogP contribution in [0.5, 0.6) is 0 Å². The highest BCUT2D eigenvalue weighted by Gasteiger charge is 2.47. The van der Waals surface area contributed by atoms with Crippen molar-refractivity contribution < 1.29 is 24.0 Å². The van der Waals surface area contributed by atoms with E-state index < -0.39 is 28.4 Å². The van der Waals surface area contributed by atoms with Crippen LogP contribution in [0.15, 0.2) is 70.9 Å². The first kappa shape index (κ1) is 21.0. The number of Topliss-reactive ketones (excluding diaryl/α,β-unsaturated/α-hetero) is 1. The Morgan fingerprint density at radius 3 is 2.47 bits per heavy atom. The number of nitro groups is 1. The SMILES string of the molecule is Cc1ccc(C)c(CN2C(=O)C(=O)/C(=C(\O)c3ccc([N+](=O)[O-])cc3)C2c2ccco2)c1. The Bertz CT molecular complexity index is 1240. The third-order valence-corrected chi connectivity index (χ3v) is 5.55. The molecule has 0 aliphatic carbocycles. The van der Waals surface area contributed by atoms with E-state index in [-0.39, 0.29) is 23.4 Å². The number of ketones is 1. The van der Waals surface area contributed by atoms with Gasteiger partial charge >= 0.3 is 0 Å². The first-order valence-electron chi connectivity index (χ1n) is 9.90. The lowest BCUT2D eigenvalue weighted by Gasteiger charge is -2.24. The Hall–Kier alpha value is -4.20. The summed E-state index contributed by atoms with van der Waals surface area (Å²) in [6, 6.07) is 13.3. The molecule has 162 valence electrons. The number of aryl methyl sites for hydroxylation is 2. The number of nitro benzene ring substituents is 1. The van der Waals surface area contributed by atoms with Gasteiger partial charge in [-0.2, -0.15) is 0 Å². The summed E-state index contributed by atoms with van der Waals surface area (Å²) in [4.78, 5) is 37.7. The minimum Gasteiger partial charge on any atom is -0.507 e. The number of aliphatic hydroxyl groups excluding tert-OH is 1. The molecular formula is C24H20N2O6. The molecule has 0 bridgehead atoms. The first-order chi connectivity index (χ1) is 15.3. The number of hydrogen-bond donors (Lipinski definition) is 1. The van der Waals surface area contributed by atoms with Crippen molar-refractivity contribution in [1.82, 2.24) is 4.90 Å². The van der Waals surface area contributed by atoms with E-state index in [1.54, 1.807) is 12.1 Å². The molecule has 8 heteroatoms. The molecule has 1 aromatic heterocycles. The summed E-state index contributed by atoms with van der Waals surface area (Å²) in [5.74, 6) is -1.68. The van der Waals surface area contributed by atoms with Gasteiger partial charge in [0.1, 0.15) is 17.6 Å². The fourth-order valence-electron chi connectivity index (χ4n) is 3.84. The number of likely N-dealkylation sites (tertiary alicyclic amines) is 1. The maximum atomic E-state index is 13.0. The standard InChI is InChI=1S/C24H20N2O6/c1-14-5-6-15(2)17(12-14)13-25-21(19-4-3-11-32-19)20(23(28)24(25)29)22(27)16-7-9-18(10-8-16)26(30)31/h3-12,21,27H,13H2,1-2H3/b22-20-. The van der Waals surface area contributed by atoms with Crippen LogP contribution in [0, 0.1) is 24.0 Å². The van der Waals surface area contributed by atoms with E-state index >= 15 is 0 Å². The molecule has 1 amide bonds. The summed E-state index contributed by atoms with van der Waals surface area (Å²) in [7, 11) is 0. The molecule has 3 aromatic rings. The zero-order valence-corrected chi connectivity index (χ0v) is 17.4. The lowest BCUT2D eigenvalue weighted by atomic mass is 9.98. The van der Waals surface area contributed by atoms with Crippen LogP contribution in [0.25, 0.3) is 5.76 Å². The monoisotopic (exact) mass is 432 g/mol. The number of rotatable bonds is 5. The van der Waals surface area contributed by atoms with Crippen LogP contribution in [-0.4, -0.2) is 26.6 Å². The molecule has 1 saturated heterocycles. The van der Waals surface area contributed by atoms with Crippen molar-refractivity contribution in [2.24, 2.45) is 0 Å². The highest BCUT2D eigenvalue weighted by atomic mass is 16.6. The molecular weight excluding hydrogens is 412 g/mol. The summed E-state index contributed by atoms with van der Waals surface area (Å²) in [6.45, 7) is 4.01. The van der Waals surface area contributed by atoms with E-state index in [1.807, 2.05) is 32.0 Å². The van der Waals surface area contributed by atoms with Crippen molar-refractivity contribution in [2.45, 2.75) is 26.4 Å². The fourth-order valence-corrected chi connectivity index (χ4v) is 3.84. The Kier molecular flexibility index (Phi) is 5.36. The number of benzene rings is 2. The molecule has 0 spiro atoms. The predicted octanol–water partition coefficient (Wildman–Crippen LogP) is 4.43. The van der Waals surface area contributed by atoms with E-state index in [0.717, 1.165) is 16.7 Å². The zero-order chi connectivity index (χ0) is 23.0. The van der Waals surface area contributed by atoms with Crippen LogP contribution >= 0.6 is 0 Å². The lowest BCUT2D eigenvalue weighted by Crippen LogP contribution is -2.29. The van der Waals surface area contributed by atoms with Gasteiger partial charge in [-0.05, 0) is 49.2 Å².